The van der Waals surface area contributed by atoms with Crippen LogP contribution in [-0.2, 0) is 13.0 Å². The van der Waals surface area contributed by atoms with Crippen LogP contribution in [0.5, 0.6) is 0 Å². The number of carbonyl (C=O) groups is 1. The van der Waals surface area contributed by atoms with Gasteiger partial charge < -0.3 is 26.7 Å². The number of anilines is 3. The van der Waals surface area contributed by atoms with Gasteiger partial charge in [-0.15, -0.1) is 0 Å². The SMILES string of the molecule is NC(=O)c1cnc(N[C@@H]2CCCC[C@@H]2N)nc1Nc1cccc2c1ccn2CCCc1ccccc1. The highest BCUT2D eigenvalue weighted by Gasteiger charge is 2.23. The van der Waals surface area contributed by atoms with Crippen LogP contribution in [0.2, 0.25) is 0 Å². The Hall–Kier alpha value is -3.91. The average molecular weight is 484 g/mol. The minimum atomic E-state index is -0.580. The van der Waals surface area contributed by atoms with E-state index in [4.69, 9.17) is 11.5 Å². The summed E-state index contributed by atoms with van der Waals surface area (Å²) in [5.74, 6) is 0.244. The number of carbonyl (C=O) groups excluding carboxylic acids is 1. The smallest absolute Gasteiger partial charge is 0.254 e. The fourth-order valence-electron chi connectivity index (χ4n) is 4.98. The van der Waals surface area contributed by atoms with Gasteiger partial charge in [0.1, 0.15) is 11.4 Å². The van der Waals surface area contributed by atoms with Crippen molar-refractivity contribution in [2.45, 2.75) is 57.2 Å². The van der Waals surface area contributed by atoms with Gasteiger partial charge in [-0.1, -0.05) is 49.2 Å². The van der Waals surface area contributed by atoms with Gasteiger partial charge in [-0.05, 0) is 49.4 Å². The fraction of sp³-hybridized carbons (Fsp3) is 0.321. The number of primary amides is 1. The largest absolute Gasteiger partial charge is 0.365 e. The molecule has 8 heteroatoms. The molecule has 4 aromatic rings. The predicted octanol–water partition coefficient (Wildman–Crippen LogP) is 4.59. The molecule has 0 unspecified atom stereocenters. The molecule has 0 saturated heterocycles. The van der Waals surface area contributed by atoms with Crippen molar-refractivity contribution < 1.29 is 4.79 Å². The van der Waals surface area contributed by atoms with Gasteiger partial charge in [0.15, 0.2) is 0 Å². The molecule has 1 fully saturated rings. The second-order valence-corrected chi connectivity index (χ2v) is 9.48. The van der Waals surface area contributed by atoms with Crippen LogP contribution in [0.3, 0.4) is 0 Å². The van der Waals surface area contributed by atoms with Crippen LogP contribution in [0, 0.1) is 0 Å². The summed E-state index contributed by atoms with van der Waals surface area (Å²) in [7, 11) is 0. The second kappa shape index (κ2) is 10.8. The number of nitrogens with one attached hydrogen (secondary N) is 2. The van der Waals surface area contributed by atoms with Crippen molar-refractivity contribution in [2.75, 3.05) is 10.6 Å². The van der Waals surface area contributed by atoms with E-state index in [1.54, 1.807) is 0 Å². The van der Waals surface area contributed by atoms with Gasteiger partial charge in [-0.3, -0.25) is 4.79 Å². The Kier molecular flexibility index (Phi) is 7.13. The first-order valence-electron chi connectivity index (χ1n) is 12.7. The number of aromatic nitrogens is 3. The highest BCUT2D eigenvalue weighted by molar-refractivity contribution is 6.00. The normalized spacial score (nSPS) is 17.7. The summed E-state index contributed by atoms with van der Waals surface area (Å²) < 4.78 is 2.26. The summed E-state index contributed by atoms with van der Waals surface area (Å²) in [6.45, 7) is 0.914. The van der Waals surface area contributed by atoms with E-state index in [0.717, 1.165) is 61.7 Å². The lowest BCUT2D eigenvalue weighted by molar-refractivity contribution is 0.100. The van der Waals surface area contributed by atoms with E-state index in [2.05, 4.69) is 67.8 Å². The minimum Gasteiger partial charge on any atom is -0.365 e. The molecule has 2 atom stereocenters. The Morgan fingerprint density at radius 2 is 1.89 bits per heavy atom. The van der Waals surface area contributed by atoms with Crippen LogP contribution < -0.4 is 22.1 Å². The number of nitrogens with two attached hydrogens (primary N) is 2. The maximum atomic E-state index is 12.1. The number of hydrogen-bond acceptors (Lipinski definition) is 6. The molecule has 1 aliphatic rings. The first kappa shape index (κ1) is 23.8. The van der Waals surface area contributed by atoms with Crippen LogP contribution in [0.1, 0.15) is 48.0 Å². The van der Waals surface area contributed by atoms with E-state index >= 15 is 0 Å². The first-order valence-corrected chi connectivity index (χ1v) is 12.7. The molecule has 1 aliphatic carbocycles. The molecule has 6 N–H and O–H groups in total. The van der Waals surface area contributed by atoms with E-state index in [-0.39, 0.29) is 17.6 Å². The molecule has 0 bridgehead atoms. The van der Waals surface area contributed by atoms with Crippen LogP contribution >= 0.6 is 0 Å². The zero-order valence-corrected chi connectivity index (χ0v) is 20.4. The molecule has 1 amide bonds. The molecule has 0 radical (unpaired) electrons. The van der Waals surface area contributed by atoms with Gasteiger partial charge in [0.25, 0.3) is 5.91 Å². The van der Waals surface area contributed by atoms with Crippen molar-refractivity contribution in [1.29, 1.82) is 0 Å². The molecule has 0 aliphatic heterocycles. The van der Waals surface area contributed by atoms with Crippen molar-refractivity contribution in [3.8, 4) is 0 Å². The summed E-state index contributed by atoms with van der Waals surface area (Å²) in [5.41, 5.74) is 15.5. The van der Waals surface area contributed by atoms with Gasteiger partial charge in [-0.25, -0.2) is 4.98 Å². The molecule has 2 aromatic carbocycles. The first-order chi connectivity index (χ1) is 17.6. The summed E-state index contributed by atoms with van der Waals surface area (Å²) in [5, 5.41) is 7.75. The van der Waals surface area contributed by atoms with Crippen LogP contribution in [0.4, 0.5) is 17.5 Å². The van der Waals surface area contributed by atoms with Crippen molar-refractivity contribution in [2.24, 2.45) is 11.5 Å². The Bertz CT molecular complexity index is 1330. The predicted molar refractivity (Wildman–Crippen MR) is 144 cm³/mol. The third-order valence-corrected chi connectivity index (χ3v) is 6.96. The van der Waals surface area contributed by atoms with Gasteiger partial charge in [-0.2, -0.15) is 4.98 Å². The number of hydrogen-bond donors (Lipinski definition) is 4. The summed E-state index contributed by atoms with van der Waals surface area (Å²) in [6.07, 6.45) is 9.87. The third kappa shape index (κ3) is 5.33. The number of fused-ring (bicyclic) bond motifs is 1. The van der Waals surface area contributed by atoms with E-state index in [1.165, 1.54) is 11.8 Å². The molecule has 8 nitrogen and oxygen atoms in total. The highest BCUT2D eigenvalue weighted by Crippen LogP contribution is 2.29. The zero-order valence-electron chi connectivity index (χ0n) is 20.4. The Labute approximate surface area is 211 Å². The van der Waals surface area contributed by atoms with Gasteiger partial charge in [0, 0.05) is 42.1 Å². The van der Waals surface area contributed by atoms with Crippen LogP contribution in [0.25, 0.3) is 10.9 Å². The number of benzene rings is 2. The van der Waals surface area contributed by atoms with E-state index in [9.17, 15) is 4.79 Å². The van der Waals surface area contributed by atoms with Crippen molar-refractivity contribution >= 4 is 34.3 Å². The van der Waals surface area contributed by atoms with Crippen molar-refractivity contribution in [3.63, 3.8) is 0 Å². The number of rotatable bonds is 9. The quantitative estimate of drug-likeness (QED) is 0.276. The van der Waals surface area contributed by atoms with Crippen LogP contribution in [0.15, 0.2) is 67.0 Å². The summed E-state index contributed by atoms with van der Waals surface area (Å²) >= 11 is 0. The molecule has 5 rings (SSSR count). The number of amides is 1. The van der Waals surface area contributed by atoms with E-state index < -0.39 is 5.91 Å². The molecule has 2 aromatic heterocycles. The van der Waals surface area contributed by atoms with Crippen molar-refractivity contribution in [1.82, 2.24) is 14.5 Å². The molecular formula is C28H33N7O. The maximum absolute atomic E-state index is 12.1. The summed E-state index contributed by atoms with van der Waals surface area (Å²) in [4.78, 5) is 21.1. The fourth-order valence-corrected chi connectivity index (χ4v) is 4.98. The molecule has 2 heterocycles. The van der Waals surface area contributed by atoms with Gasteiger partial charge in [0.2, 0.25) is 5.95 Å². The Morgan fingerprint density at radius 1 is 1.06 bits per heavy atom. The summed E-state index contributed by atoms with van der Waals surface area (Å²) in [6, 6.07) is 18.9. The maximum Gasteiger partial charge on any atom is 0.254 e. The Morgan fingerprint density at radius 3 is 2.69 bits per heavy atom. The highest BCUT2D eigenvalue weighted by atomic mass is 16.1. The van der Waals surface area contributed by atoms with Crippen LogP contribution in [-0.4, -0.2) is 32.5 Å². The molecular weight excluding hydrogens is 450 g/mol. The molecule has 1 saturated carbocycles. The van der Waals surface area contributed by atoms with Gasteiger partial charge >= 0.3 is 0 Å². The lowest BCUT2D eigenvalue weighted by Crippen LogP contribution is -2.43. The average Bonchev–Trinajstić information content (AvgIpc) is 3.30. The molecule has 0 spiro atoms. The monoisotopic (exact) mass is 483 g/mol. The number of aryl methyl sites for hydroxylation is 2. The standard InChI is InChI=1S/C28H33N7O/c29-22-11-4-5-12-24(22)33-28-31-18-21(26(30)36)27(34-28)32-23-13-6-14-25-20(23)15-17-35(25)16-7-10-19-8-2-1-3-9-19/h1-3,6,8-9,13-15,17-18,22,24H,4-5,7,10-12,16,29H2,(H2,30,36)(H2,31,32,33,34)/t22-,24+/m0/s1. The molecule has 186 valence electrons. The zero-order chi connectivity index (χ0) is 24.9. The van der Waals surface area contributed by atoms with Crippen molar-refractivity contribution in [3.05, 3.63) is 78.1 Å². The Balaban J connectivity index is 1.36. The minimum absolute atomic E-state index is 0.0602. The lowest BCUT2D eigenvalue weighted by Gasteiger charge is -2.29. The van der Waals surface area contributed by atoms with E-state index in [1.807, 2.05) is 18.2 Å². The number of nitrogens with zero attached hydrogens (tertiary/aromatic N) is 3. The second-order valence-electron chi connectivity index (χ2n) is 9.48. The van der Waals surface area contributed by atoms with E-state index in [0.29, 0.717) is 11.8 Å². The third-order valence-electron chi connectivity index (χ3n) is 6.96. The lowest BCUT2D eigenvalue weighted by atomic mass is 9.91. The molecule has 36 heavy (non-hydrogen) atoms. The topological polar surface area (TPSA) is 124 Å². The van der Waals surface area contributed by atoms with Gasteiger partial charge in [0.05, 0.1) is 5.52 Å².